The van der Waals surface area contributed by atoms with Crippen LogP contribution in [-0.2, 0) is 5.41 Å². The Labute approximate surface area is 316 Å². The Morgan fingerprint density at radius 2 is 1.13 bits per heavy atom. The highest BCUT2D eigenvalue weighted by atomic mass is 15.3. The van der Waals surface area contributed by atoms with E-state index in [-0.39, 0.29) is 17.5 Å². The molecule has 0 fully saturated rings. The van der Waals surface area contributed by atoms with Crippen LogP contribution in [0.4, 0.5) is 0 Å². The van der Waals surface area contributed by atoms with Crippen molar-refractivity contribution in [2.45, 2.75) is 38.3 Å². The summed E-state index contributed by atoms with van der Waals surface area (Å²) in [5.74, 6) is 1.94. The zero-order valence-corrected chi connectivity index (χ0v) is 30.7. The minimum Gasteiger partial charge on any atom is -0.323 e. The highest BCUT2D eigenvalue weighted by molar-refractivity contribution is 6.24. The Balaban J connectivity index is 1.06. The largest absolute Gasteiger partial charge is 0.323 e. The lowest BCUT2D eigenvalue weighted by Gasteiger charge is -2.28. The number of allylic oxidation sites excluding steroid dienone is 2. The third-order valence-electron chi connectivity index (χ3n) is 11.1. The minimum atomic E-state index is 0.0249. The van der Waals surface area contributed by atoms with Crippen LogP contribution in [0.25, 0.3) is 60.8 Å². The molecule has 2 unspecified atom stereocenters. The number of aliphatic imine (C=N–C) groups is 1. The first kappa shape index (κ1) is 32.2. The lowest BCUT2D eigenvalue weighted by Crippen LogP contribution is -2.26. The van der Waals surface area contributed by atoms with Gasteiger partial charge in [-0.25, -0.2) is 4.98 Å². The van der Waals surface area contributed by atoms with Gasteiger partial charge >= 0.3 is 0 Å². The molecule has 2 atom stereocenters. The predicted molar refractivity (Wildman–Crippen MR) is 225 cm³/mol. The summed E-state index contributed by atoms with van der Waals surface area (Å²) in [5.41, 5.74) is 10.5. The molecular weight excluding hydrogens is 657 g/mol. The molecule has 1 aromatic heterocycles. The number of imidazole rings is 1. The molecular formula is C50H40N4. The van der Waals surface area contributed by atoms with E-state index in [1.54, 1.807) is 0 Å². The van der Waals surface area contributed by atoms with Crippen LogP contribution in [0.3, 0.4) is 0 Å². The zero-order chi connectivity index (χ0) is 36.4. The number of hydrogen-bond acceptors (Lipinski definition) is 3. The van der Waals surface area contributed by atoms with E-state index in [0.717, 1.165) is 33.9 Å². The van der Waals surface area contributed by atoms with Crippen molar-refractivity contribution in [3.8, 4) is 28.2 Å². The van der Waals surface area contributed by atoms with Gasteiger partial charge in [-0.2, -0.15) is 0 Å². The van der Waals surface area contributed by atoms with Crippen molar-refractivity contribution < 1.29 is 0 Å². The van der Waals surface area contributed by atoms with Gasteiger partial charge in [-0.15, -0.1) is 0 Å². The molecule has 7 aromatic carbocycles. The van der Waals surface area contributed by atoms with Crippen LogP contribution in [0.2, 0.25) is 0 Å². The van der Waals surface area contributed by atoms with Crippen LogP contribution in [0, 0.1) is 0 Å². The van der Waals surface area contributed by atoms with Crippen molar-refractivity contribution in [3.63, 3.8) is 0 Å². The Bertz CT molecular complexity index is 2780. The molecule has 0 saturated heterocycles. The maximum absolute atomic E-state index is 5.47. The lowest BCUT2D eigenvalue weighted by atomic mass is 9.87. The fraction of sp³-hybridized carbons (Fsp3) is 0.120. The molecule has 0 saturated carbocycles. The number of rotatable bonds is 5. The van der Waals surface area contributed by atoms with Gasteiger partial charge in [0, 0.05) is 28.2 Å². The van der Waals surface area contributed by atoms with E-state index in [0.29, 0.717) is 0 Å². The standard InChI is InChI=1S/C50H40N4/c1-50(2,3)38-28-30-39(31-29-38)54-48-43-18-10-8-16-41(43)40-15-7-9-17-42(40)46(48)52-49(54)37-26-22-34(23-27-37)33-20-24-36(25-21-33)47-45(35-13-5-4-6-14-35)51-44-19-11-12-32-53(44)47/h4-32,45,47H,1-3H3. The van der Waals surface area contributed by atoms with Crippen LogP contribution in [0.5, 0.6) is 0 Å². The predicted octanol–water partition coefficient (Wildman–Crippen LogP) is 12.5. The third kappa shape index (κ3) is 5.29. The SMILES string of the molecule is CC(C)(C)c1ccc(-n2c(-c3ccc(-c4ccc(C5C(c6ccccc6)N=C6C=CC=CN65)cc4)cc3)nc3c4ccccc4c4ccccc4c32)cc1. The monoisotopic (exact) mass is 696 g/mol. The number of aromatic nitrogens is 2. The van der Waals surface area contributed by atoms with Gasteiger partial charge in [0.15, 0.2) is 0 Å². The summed E-state index contributed by atoms with van der Waals surface area (Å²) in [6, 6.07) is 55.1. The quantitative estimate of drug-likeness (QED) is 0.168. The summed E-state index contributed by atoms with van der Waals surface area (Å²) in [4.78, 5) is 12.9. The smallest absolute Gasteiger partial charge is 0.145 e. The summed E-state index contributed by atoms with van der Waals surface area (Å²) < 4.78 is 2.37. The van der Waals surface area contributed by atoms with Crippen LogP contribution in [-0.4, -0.2) is 20.3 Å². The van der Waals surface area contributed by atoms with Crippen LogP contribution < -0.4 is 0 Å². The molecule has 0 amide bonds. The van der Waals surface area contributed by atoms with Gasteiger partial charge in [0.1, 0.15) is 17.7 Å². The molecule has 0 spiro atoms. The maximum atomic E-state index is 5.47. The second-order valence-electron chi connectivity index (χ2n) is 15.5. The van der Waals surface area contributed by atoms with Crippen molar-refractivity contribution in [3.05, 3.63) is 193 Å². The first-order valence-electron chi connectivity index (χ1n) is 18.8. The van der Waals surface area contributed by atoms with Crippen molar-refractivity contribution in [2.24, 2.45) is 4.99 Å². The highest BCUT2D eigenvalue weighted by Gasteiger charge is 2.36. The number of hydrogen-bond donors (Lipinski definition) is 0. The molecule has 260 valence electrons. The van der Waals surface area contributed by atoms with Crippen LogP contribution in [0.15, 0.2) is 181 Å². The fourth-order valence-electron chi connectivity index (χ4n) is 8.35. The number of benzene rings is 7. The lowest BCUT2D eigenvalue weighted by molar-refractivity contribution is 0.396. The Kier molecular flexibility index (Phi) is 7.48. The number of amidine groups is 1. The minimum absolute atomic E-state index is 0.0249. The molecule has 4 heteroatoms. The number of nitrogens with zero attached hydrogens (tertiary/aromatic N) is 4. The molecule has 0 aliphatic carbocycles. The summed E-state index contributed by atoms with van der Waals surface area (Å²) >= 11 is 0. The topological polar surface area (TPSA) is 33.4 Å². The first-order valence-corrected chi connectivity index (χ1v) is 18.8. The van der Waals surface area contributed by atoms with Crippen molar-refractivity contribution in [1.82, 2.24) is 14.5 Å². The Hall–Kier alpha value is -6.52. The normalized spacial score (nSPS) is 16.7. The van der Waals surface area contributed by atoms with E-state index < -0.39 is 0 Å². The molecule has 4 nitrogen and oxygen atoms in total. The van der Waals surface area contributed by atoms with Gasteiger partial charge < -0.3 is 4.90 Å². The summed E-state index contributed by atoms with van der Waals surface area (Å²) in [7, 11) is 0. The summed E-state index contributed by atoms with van der Waals surface area (Å²) in [6.07, 6.45) is 8.41. The van der Waals surface area contributed by atoms with Gasteiger partial charge in [0.05, 0.1) is 17.1 Å². The van der Waals surface area contributed by atoms with Gasteiger partial charge in [-0.1, -0.05) is 166 Å². The maximum Gasteiger partial charge on any atom is 0.145 e. The molecule has 0 radical (unpaired) electrons. The van der Waals surface area contributed by atoms with Crippen molar-refractivity contribution in [2.75, 3.05) is 0 Å². The van der Waals surface area contributed by atoms with Gasteiger partial charge in [-0.05, 0) is 68.3 Å². The molecule has 0 N–H and O–H groups in total. The average molecular weight is 697 g/mol. The van der Waals surface area contributed by atoms with E-state index >= 15 is 0 Å². The summed E-state index contributed by atoms with van der Waals surface area (Å²) in [5, 5.41) is 4.83. The molecule has 10 rings (SSSR count). The second-order valence-corrected chi connectivity index (χ2v) is 15.5. The molecule has 2 aliphatic heterocycles. The van der Waals surface area contributed by atoms with E-state index in [9.17, 15) is 0 Å². The van der Waals surface area contributed by atoms with Crippen molar-refractivity contribution >= 4 is 38.4 Å². The zero-order valence-electron chi connectivity index (χ0n) is 30.7. The van der Waals surface area contributed by atoms with Crippen molar-refractivity contribution in [1.29, 1.82) is 0 Å². The first-order chi connectivity index (χ1) is 26.4. The van der Waals surface area contributed by atoms with Gasteiger partial charge in [0.25, 0.3) is 0 Å². The molecule has 54 heavy (non-hydrogen) atoms. The molecule has 8 aromatic rings. The fourth-order valence-corrected chi connectivity index (χ4v) is 8.35. The van der Waals surface area contributed by atoms with E-state index in [1.165, 1.54) is 49.4 Å². The number of fused-ring (bicyclic) bond motifs is 7. The van der Waals surface area contributed by atoms with Crippen LogP contribution >= 0.6 is 0 Å². The third-order valence-corrected chi connectivity index (χ3v) is 11.1. The van der Waals surface area contributed by atoms with E-state index in [4.69, 9.17) is 9.98 Å². The van der Waals surface area contributed by atoms with Crippen LogP contribution in [0.1, 0.15) is 49.5 Å². The Morgan fingerprint density at radius 3 is 1.81 bits per heavy atom. The second kappa shape index (κ2) is 12.6. The van der Waals surface area contributed by atoms with E-state index in [1.807, 2.05) is 0 Å². The summed E-state index contributed by atoms with van der Waals surface area (Å²) in [6.45, 7) is 6.79. The molecule has 0 bridgehead atoms. The highest BCUT2D eigenvalue weighted by Crippen LogP contribution is 2.44. The van der Waals surface area contributed by atoms with Gasteiger partial charge in [0.2, 0.25) is 0 Å². The van der Waals surface area contributed by atoms with Gasteiger partial charge in [-0.3, -0.25) is 9.56 Å². The van der Waals surface area contributed by atoms with E-state index in [2.05, 4.69) is 206 Å². The average Bonchev–Trinajstić information content (AvgIpc) is 3.82. The Morgan fingerprint density at radius 1 is 0.537 bits per heavy atom. The molecule has 3 heterocycles. The molecule has 2 aliphatic rings.